The van der Waals surface area contributed by atoms with E-state index in [2.05, 4.69) is 11.7 Å². The van der Waals surface area contributed by atoms with Gasteiger partial charge in [-0.2, -0.15) is 0 Å². The summed E-state index contributed by atoms with van der Waals surface area (Å²) < 4.78 is 9.50. The Bertz CT molecular complexity index is 458. The number of rotatable bonds is 13. The molecule has 0 bridgehead atoms. The zero-order valence-corrected chi connectivity index (χ0v) is 14.9. The van der Waals surface area contributed by atoms with Crippen molar-refractivity contribution < 1.29 is 34.4 Å². The number of hydrogen-bond acceptors (Lipinski definition) is 7. The lowest BCUT2D eigenvalue weighted by Crippen LogP contribution is -2.33. The van der Waals surface area contributed by atoms with Gasteiger partial charge in [-0.3, -0.25) is 4.79 Å². The van der Waals surface area contributed by atoms with Crippen LogP contribution in [0.4, 0.5) is 0 Å². The summed E-state index contributed by atoms with van der Waals surface area (Å²) >= 11 is 0. The van der Waals surface area contributed by atoms with E-state index < -0.39 is 42.3 Å². The number of aliphatic hydroxyl groups excluding tert-OH is 3. The first-order valence-corrected chi connectivity index (χ1v) is 9.14. The zero-order chi connectivity index (χ0) is 18.7. The third-order valence-electron chi connectivity index (χ3n) is 4.19. The number of cyclic esters (lactones) is 1. The number of carbonyl (C=O) groups is 2. The van der Waals surface area contributed by atoms with E-state index in [1.54, 1.807) is 0 Å². The molecule has 144 valence electrons. The van der Waals surface area contributed by atoms with Gasteiger partial charge in [0.15, 0.2) is 11.9 Å². The number of esters is 2. The van der Waals surface area contributed by atoms with Crippen molar-refractivity contribution >= 4 is 11.9 Å². The molecule has 0 aliphatic carbocycles. The number of carbonyl (C=O) groups excluding carboxylic acids is 2. The van der Waals surface area contributed by atoms with Crippen molar-refractivity contribution in [3.05, 3.63) is 11.5 Å². The fourth-order valence-electron chi connectivity index (χ4n) is 2.64. The second kappa shape index (κ2) is 11.7. The smallest absolute Gasteiger partial charge is 0.377 e. The van der Waals surface area contributed by atoms with Crippen molar-refractivity contribution in [2.45, 2.75) is 83.3 Å². The monoisotopic (exact) mass is 358 g/mol. The summed E-state index contributed by atoms with van der Waals surface area (Å²) in [6, 6.07) is 0. The summed E-state index contributed by atoms with van der Waals surface area (Å²) in [5, 5.41) is 28.4. The highest BCUT2D eigenvalue weighted by molar-refractivity contribution is 5.89. The van der Waals surface area contributed by atoms with Gasteiger partial charge in [0.1, 0.15) is 12.7 Å². The fourth-order valence-corrected chi connectivity index (χ4v) is 2.64. The van der Waals surface area contributed by atoms with Gasteiger partial charge in [0.25, 0.3) is 0 Å². The van der Waals surface area contributed by atoms with Crippen LogP contribution in [0.5, 0.6) is 0 Å². The van der Waals surface area contributed by atoms with Crippen LogP contribution < -0.4 is 0 Å². The van der Waals surface area contributed by atoms with Gasteiger partial charge < -0.3 is 24.8 Å². The summed E-state index contributed by atoms with van der Waals surface area (Å²) in [5.41, 5.74) is 0. The Balaban J connectivity index is 2.05. The van der Waals surface area contributed by atoms with Crippen LogP contribution in [0.25, 0.3) is 0 Å². The second-order valence-electron chi connectivity index (χ2n) is 6.39. The molecule has 0 radical (unpaired) electrons. The van der Waals surface area contributed by atoms with Gasteiger partial charge >= 0.3 is 11.9 Å². The van der Waals surface area contributed by atoms with Gasteiger partial charge in [0.2, 0.25) is 5.76 Å². The fraction of sp³-hybridized carbons (Fsp3) is 0.778. The average Bonchev–Trinajstić information content (AvgIpc) is 2.85. The van der Waals surface area contributed by atoms with Crippen molar-refractivity contribution in [1.82, 2.24) is 0 Å². The van der Waals surface area contributed by atoms with E-state index in [9.17, 15) is 19.8 Å². The van der Waals surface area contributed by atoms with E-state index >= 15 is 0 Å². The minimum absolute atomic E-state index is 0.264. The zero-order valence-electron chi connectivity index (χ0n) is 14.9. The van der Waals surface area contributed by atoms with Crippen molar-refractivity contribution in [2.75, 3.05) is 6.61 Å². The maximum Gasteiger partial charge on any atom is 0.377 e. The molecule has 1 rings (SSSR count). The summed E-state index contributed by atoms with van der Waals surface area (Å²) in [6.45, 7) is 1.78. The number of ether oxygens (including phenoxy) is 2. The standard InChI is InChI=1S/C18H30O7/c1-2-3-4-5-6-7-8-9-10-11-14(20)24-12-13(19)17-15(21)16(22)18(23)25-17/h13,17,19,21-22H,2-12H2,1H3/t13-,17+/m1/s1. The highest BCUT2D eigenvalue weighted by Gasteiger charge is 2.39. The summed E-state index contributed by atoms with van der Waals surface area (Å²) in [5.74, 6) is -3.22. The first kappa shape index (κ1) is 21.3. The maximum atomic E-state index is 11.6. The molecule has 0 spiro atoms. The van der Waals surface area contributed by atoms with Crippen LogP contribution in [0.3, 0.4) is 0 Å². The Hall–Kier alpha value is -1.76. The van der Waals surface area contributed by atoms with Gasteiger partial charge in [-0.1, -0.05) is 58.3 Å². The highest BCUT2D eigenvalue weighted by atomic mass is 16.6. The molecule has 0 unspecified atom stereocenters. The Morgan fingerprint density at radius 3 is 2.16 bits per heavy atom. The maximum absolute atomic E-state index is 11.6. The molecule has 0 amide bonds. The van der Waals surface area contributed by atoms with Gasteiger partial charge in [0, 0.05) is 6.42 Å². The predicted molar refractivity (Wildman–Crippen MR) is 91.0 cm³/mol. The molecule has 1 aliphatic rings. The number of hydrogen-bond donors (Lipinski definition) is 3. The van der Waals surface area contributed by atoms with Crippen LogP contribution in [0, 0.1) is 0 Å². The highest BCUT2D eigenvalue weighted by Crippen LogP contribution is 2.21. The molecule has 1 heterocycles. The largest absolute Gasteiger partial charge is 0.505 e. The van der Waals surface area contributed by atoms with Crippen LogP contribution in [-0.4, -0.2) is 46.1 Å². The SMILES string of the molecule is CCCCCCCCCCCC(=O)OC[C@@H](O)[C@@H]1OC(=O)C(O)=C1O. The first-order chi connectivity index (χ1) is 12.0. The molecule has 0 fully saturated rings. The minimum atomic E-state index is -1.42. The van der Waals surface area contributed by atoms with E-state index in [1.807, 2.05) is 0 Å². The minimum Gasteiger partial charge on any atom is -0.505 e. The third kappa shape index (κ3) is 7.77. The summed E-state index contributed by atoms with van der Waals surface area (Å²) in [7, 11) is 0. The van der Waals surface area contributed by atoms with Crippen LogP contribution in [-0.2, 0) is 19.1 Å². The quantitative estimate of drug-likeness (QED) is 0.342. The van der Waals surface area contributed by atoms with E-state index in [4.69, 9.17) is 9.84 Å². The van der Waals surface area contributed by atoms with Crippen LogP contribution in [0.2, 0.25) is 0 Å². The van der Waals surface area contributed by atoms with Gasteiger partial charge in [0.05, 0.1) is 0 Å². The average molecular weight is 358 g/mol. The van der Waals surface area contributed by atoms with Crippen molar-refractivity contribution in [1.29, 1.82) is 0 Å². The molecule has 0 aromatic heterocycles. The molecule has 0 saturated heterocycles. The molecular formula is C18H30O7. The Morgan fingerprint density at radius 2 is 1.64 bits per heavy atom. The lowest BCUT2D eigenvalue weighted by Gasteiger charge is -2.17. The molecule has 2 atom stereocenters. The molecule has 0 aromatic rings. The van der Waals surface area contributed by atoms with Crippen LogP contribution in [0.1, 0.15) is 71.1 Å². The first-order valence-electron chi connectivity index (χ1n) is 9.14. The molecule has 0 aromatic carbocycles. The second-order valence-corrected chi connectivity index (χ2v) is 6.39. The van der Waals surface area contributed by atoms with Crippen LogP contribution >= 0.6 is 0 Å². The van der Waals surface area contributed by atoms with Crippen molar-refractivity contribution in [3.8, 4) is 0 Å². The van der Waals surface area contributed by atoms with Gasteiger partial charge in [-0.25, -0.2) is 4.79 Å². The Kier molecular flexibility index (Phi) is 9.99. The Morgan fingerprint density at radius 1 is 1.08 bits per heavy atom. The lowest BCUT2D eigenvalue weighted by molar-refractivity contribution is -0.154. The number of aliphatic hydroxyl groups is 3. The van der Waals surface area contributed by atoms with Gasteiger partial charge in [-0.05, 0) is 6.42 Å². The Labute approximate surface area is 148 Å². The summed E-state index contributed by atoms with van der Waals surface area (Å²) in [4.78, 5) is 22.6. The summed E-state index contributed by atoms with van der Waals surface area (Å²) in [6.07, 6.45) is 7.77. The number of unbranched alkanes of at least 4 members (excludes halogenated alkanes) is 8. The normalized spacial score (nSPS) is 18.3. The van der Waals surface area contributed by atoms with Crippen molar-refractivity contribution in [2.24, 2.45) is 0 Å². The molecule has 1 aliphatic heterocycles. The molecular weight excluding hydrogens is 328 g/mol. The van der Waals surface area contributed by atoms with E-state index in [0.717, 1.165) is 19.3 Å². The van der Waals surface area contributed by atoms with E-state index in [-0.39, 0.29) is 6.42 Å². The van der Waals surface area contributed by atoms with E-state index in [1.165, 1.54) is 38.5 Å². The predicted octanol–water partition coefficient (Wildman–Crippen LogP) is 3.06. The van der Waals surface area contributed by atoms with Gasteiger partial charge in [-0.15, -0.1) is 0 Å². The van der Waals surface area contributed by atoms with Crippen LogP contribution in [0.15, 0.2) is 11.5 Å². The molecule has 7 nitrogen and oxygen atoms in total. The van der Waals surface area contributed by atoms with E-state index in [0.29, 0.717) is 0 Å². The van der Waals surface area contributed by atoms with Crippen molar-refractivity contribution in [3.63, 3.8) is 0 Å². The lowest BCUT2D eigenvalue weighted by atomic mass is 10.1. The molecule has 0 saturated carbocycles. The molecule has 7 heteroatoms. The third-order valence-corrected chi connectivity index (χ3v) is 4.19. The molecule has 25 heavy (non-hydrogen) atoms. The topological polar surface area (TPSA) is 113 Å². The molecule has 3 N–H and O–H groups in total.